The number of nitrogens with zero attached hydrogens (tertiary/aromatic N) is 3. The number of hydrogen-bond donors (Lipinski definition) is 0. The standard InChI is InChI=1S/C36H35N3O4/c1-41-32-16-12-30(13-17-32)35-24-34(29-20-22-38(23-21-29)36(40)43-26-28-10-6-3-7-11-28)37-39(35)31-14-18-33(19-15-31)42-25-27-8-4-2-5-9-27/h2-19,24,29H,20-23,25-26H2,1H3. The minimum Gasteiger partial charge on any atom is -0.497 e. The van der Waals surface area contributed by atoms with Crippen molar-refractivity contribution in [1.82, 2.24) is 14.7 Å². The van der Waals surface area contributed by atoms with Gasteiger partial charge in [-0.25, -0.2) is 9.48 Å². The van der Waals surface area contributed by atoms with Gasteiger partial charge in [0, 0.05) is 24.6 Å². The molecule has 1 fully saturated rings. The molecule has 0 N–H and O–H groups in total. The smallest absolute Gasteiger partial charge is 0.410 e. The van der Waals surface area contributed by atoms with Crippen LogP contribution in [0.4, 0.5) is 4.79 Å². The molecule has 1 aliphatic heterocycles. The van der Waals surface area contributed by atoms with Crippen molar-refractivity contribution in [3.8, 4) is 28.4 Å². The Morgan fingerprint density at radius 2 is 1.37 bits per heavy atom. The topological polar surface area (TPSA) is 65.8 Å². The van der Waals surface area contributed by atoms with Gasteiger partial charge >= 0.3 is 6.09 Å². The van der Waals surface area contributed by atoms with Gasteiger partial charge < -0.3 is 19.1 Å². The van der Waals surface area contributed by atoms with Crippen LogP contribution in [0.3, 0.4) is 0 Å². The van der Waals surface area contributed by atoms with Gasteiger partial charge in [0.15, 0.2) is 0 Å². The highest BCUT2D eigenvalue weighted by Crippen LogP contribution is 2.33. The zero-order chi connectivity index (χ0) is 29.4. The Hall–Kier alpha value is -5.04. The minimum atomic E-state index is -0.263. The fraction of sp³-hybridized carbons (Fsp3) is 0.222. The summed E-state index contributed by atoms with van der Waals surface area (Å²) in [5.74, 6) is 1.85. The number of methoxy groups -OCH3 is 1. The highest BCUT2D eigenvalue weighted by Gasteiger charge is 2.27. The van der Waals surface area contributed by atoms with E-state index in [0.717, 1.165) is 58.1 Å². The molecule has 0 spiro atoms. The SMILES string of the molecule is COc1ccc(-c2cc(C3CCN(C(=O)OCc4ccccc4)CC3)nn2-c2ccc(OCc3ccccc3)cc2)cc1. The average Bonchev–Trinajstić information content (AvgIpc) is 3.53. The Bertz CT molecular complexity index is 1610. The summed E-state index contributed by atoms with van der Waals surface area (Å²) in [5, 5.41) is 5.10. The summed E-state index contributed by atoms with van der Waals surface area (Å²) in [6.45, 7) is 2.07. The molecule has 0 atom stereocenters. The lowest BCUT2D eigenvalue weighted by Crippen LogP contribution is -2.38. The molecule has 4 aromatic carbocycles. The highest BCUT2D eigenvalue weighted by atomic mass is 16.6. The predicted octanol–water partition coefficient (Wildman–Crippen LogP) is 7.64. The number of hydrogen-bond acceptors (Lipinski definition) is 5. The molecule has 0 saturated carbocycles. The molecule has 0 unspecified atom stereocenters. The van der Waals surface area contributed by atoms with Crippen LogP contribution in [0, 0.1) is 0 Å². The third kappa shape index (κ3) is 6.89. The largest absolute Gasteiger partial charge is 0.497 e. The van der Waals surface area contributed by atoms with Gasteiger partial charge in [-0.1, -0.05) is 60.7 Å². The van der Waals surface area contributed by atoms with Crippen molar-refractivity contribution < 1.29 is 19.0 Å². The van der Waals surface area contributed by atoms with E-state index < -0.39 is 0 Å². The number of carbonyl (C=O) groups excluding carboxylic acids is 1. The van der Waals surface area contributed by atoms with Gasteiger partial charge in [0.1, 0.15) is 24.7 Å². The number of ether oxygens (including phenoxy) is 3. The number of aromatic nitrogens is 2. The number of likely N-dealkylation sites (tertiary alicyclic amines) is 1. The maximum absolute atomic E-state index is 12.7. The van der Waals surface area contributed by atoms with Crippen LogP contribution >= 0.6 is 0 Å². The second kappa shape index (κ2) is 13.3. The van der Waals surface area contributed by atoms with E-state index in [-0.39, 0.29) is 18.6 Å². The Morgan fingerprint density at radius 3 is 2.00 bits per heavy atom. The molecule has 2 heterocycles. The minimum absolute atomic E-state index is 0.241. The summed E-state index contributed by atoms with van der Waals surface area (Å²) in [4.78, 5) is 14.5. The van der Waals surface area contributed by atoms with Crippen LogP contribution in [0.15, 0.2) is 115 Å². The van der Waals surface area contributed by atoms with Crippen molar-refractivity contribution in [2.24, 2.45) is 0 Å². The fourth-order valence-electron chi connectivity index (χ4n) is 5.36. The molecule has 0 radical (unpaired) electrons. The van der Waals surface area contributed by atoms with Gasteiger partial charge in [0.25, 0.3) is 0 Å². The van der Waals surface area contributed by atoms with E-state index in [2.05, 4.69) is 30.3 Å². The normalized spacial score (nSPS) is 13.5. The van der Waals surface area contributed by atoms with Crippen molar-refractivity contribution >= 4 is 6.09 Å². The Balaban J connectivity index is 1.17. The summed E-state index contributed by atoms with van der Waals surface area (Å²) in [6, 6.07) is 38.2. The molecule has 5 aromatic rings. The zero-order valence-corrected chi connectivity index (χ0v) is 24.3. The molecular formula is C36H35N3O4. The Morgan fingerprint density at radius 1 is 0.767 bits per heavy atom. The number of amides is 1. The first-order valence-electron chi connectivity index (χ1n) is 14.6. The molecule has 43 heavy (non-hydrogen) atoms. The monoisotopic (exact) mass is 573 g/mol. The summed E-state index contributed by atoms with van der Waals surface area (Å²) < 4.78 is 19.0. The molecule has 6 rings (SSSR count). The van der Waals surface area contributed by atoms with Crippen molar-refractivity contribution in [2.45, 2.75) is 32.0 Å². The third-order valence-corrected chi connectivity index (χ3v) is 7.82. The van der Waals surface area contributed by atoms with E-state index in [1.807, 2.05) is 89.6 Å². The molecule has 218 valence electrons. The van der Waals surface area contributed by atoms with Crippen LogP contribution in [-0.4, -0.2) is 41.0 Å². The lowest BCUT2D eigenvalue weighted by molar-refractivity contribution is 0.0868. The fourth-order valence-corrected chi connectivity index (χ4v) is 5.36. The van der Waals surface area contributed by atoms with Crippen LogP contribution < -0.4 is 9.47 Å². The zero-order valence-electron chi connectivity index (χ0n) is 24.3. The molecule has 7 heteroatoms. The number of rotatable bonds is 9. The maximum Gasteiger partial charge on any atom is 0.410 e. The van der Waals surface area contributed by atoms with E-state index in [4.69, 9.17) is 19.3 Å². The summed E-state index contributed by atoms with van der Waals surface area (Å²) in [6.07, 6.45) is 1.39. The molecule has 1 aliphatic rings. The van der Waals surface area contributed by atoms with Gasteiger partial charge in [-0.05, 0) is 78.6 Å². The first-order chi connectivity index (χ1) is 21.2. The van der Waals surface area contributed by atoms with E-state index in [1.165, 1.54) is 0 Å². The number of benzene rings is 4. The third-order valence-electron chi connectivity index (χ3n) is 7.82. The predicted molar refractivity (Wildman–Crippen MR) is 167 cm³/mol. The molecule has 1 saturated heterocycles. The van der Waals surface area contributed by atoms with E-state index in [0.29, 0.717) is 19.7 Å². The van der Waals surface area contributed by atoms with Crippen molar-refractivity contribution in [2.75, 3.05) is 20.2 Å². The lowest BCUT2D eigenvalue weighted by atomic mass is 9.93. The molecule has 1 amide bonds. The van der Waals surface area contributed by atoms with Gasteiger partial charge in [-0.3, -0.25) is 0 Å². The summed E-state index contributed by atoms with van der Waals surface area (Å²) >= 11 is 0. The molecule has 0 bridgehead atoms. The number of carbonyl (C=O) groups is 1. The molecule has 1 aromatic heterocycles. The second-order valence-electron chi connectivity index (χ2n) is 10.7. The van der Waals surface area contributed by atoms with Gasteiger partial charge in [-0.2, -0.15) is 5.10 Å². The van der Waals surface area contributed by atoms with Crippen LogP contribution in [-0.2, 0) is 18.0 Å². The van der Waals surface area contributed by atoms with Crippen LogP contribution in [0.2, 0.25) is 0 Å². The van der Waals surface area contributed by atoms with E-state index in [1.54, 1.807) is 12.0 Å². The lowest BCUT2D eigenvalue weighted by Gasteiger charge is -2.30. The van der Waals surface area contributed by atoms with Crippen molar-refractivity contribution in [1.29, 1.82) is 0 Å². The van der Waals surface area contributed by atoms with E-state index in [9.17, 15) is 4.79 Å². The van der Waals surface area contributed by atoms with Crippen molar-refractivity contribution in [3.63, 3.8) is 0 Å². The average molecular weight is 574 g/mol. The summed E-state index contributed by atoms with van der Waals surface area (Å²) in [5.41, 5.74) is 6.13. The van der Waals surface area contributed by atoms with E-state index >= 15 is 0 Å². The quantitative estimate of drug-likeness (QED) is 0.181. The molecule has 7 nitrogen and oxygen atoms in total. The van der Waals surface area contributed by atoms with Gasteiger partial charge in [0.05, 0.1) is 24.2 Å². The first kappa shape index (κ1) is 28.1. The molecule has 0 aliphatic carbocycles. The number of piperidine rings is 1. The summed E-state index contributed by atoms with van der Waals surface area (Å²) in [7, 11) is 1.67. The van der Waals surface area contributed by atoms with Gasteiger partial charge in [-0.15, -0.1) is 0 Å². The van der Waals surface area contributed by atoms with Crippen LogP contribution in [0.25, 0.3) is 16.9 Å². The van der Waals surface area contributed by atoms with Crippen LogP contribution in [0.1, 0.15) is 35.6 Å². The highest BCUT2D eigenvalue weighted by molar-refractivity contribution is 5.68. The van der Waals surface area contributed by atoms with Crippen LogP contribution in [0.5, 0.6) is 11.5 Å². The van der Waals surface area contributed by atoms with Crippen molar-refractivity contribution in [3.05, 3.63) is 132 Å². The first-order valence-corrected chi connectivity index (χ1v) is 14.6. The molecular weight excluding hydrogens is 538 g/mol. The maximum atomic E-state index is 12.7. The Kier molecular flexibility index (Phi) is 8.69. The Labute approximate surface area is 252 Å². The second-order valence-corrected chi connectivity index (χ2v) is 10.7. The van der Waals surface area contributed by atoms with Gasteiger partial charge in [0.2, 0.25) is 0 Å².